The first kappa shape index (κ1) is 15.8. The molecule has 0 bridgehead atoms. The maximum absolute atomic E-state index is 14.0. The summed E-state index contributed by atoms with van der Waals surface area (Å²) in [6.07, 6.45) is 8.73. The molecule has 1 aromatic carbocycles. The van der Waals surface area contributed by atoms with Crippen LogP contribution in [0.2, 0.25) is 17.1 Å². The summed E-state index contributed by atoms with van der Waals surface area (Å²) < 4.78 is 14.0. The predicted molar refractivity (Wildman–Crippen MR) is 91.5 cm³/mol. The van der Waals surface area contributed by atoms with Gasteiger partial charge in [0.1, 0.15) is 13.9 Å². The molecule has 2 aliphatic rings. The zero-order valence-corrected chi connectivity index (χ0v) is 15.1. The van der Waals surface area contributed by atoms with Crippen molar-refractivity contribution in [2.75, 3.05) is 0 Å². The Morgan fingerprint density at radius 3 is 2.38 bits per heavy atom. The second kappa shape index (κ2) is 6.60. The summed E-state index contributed by atoms with van der Waals surface area (Å²) in [5.41, 5.74) is 1.36. The highest BCUT2D eigenvalue weighted by molar-refractivity contribution is 7.07. The van der Waals surface area contributed by atoms with Gasteiger partial charge in [0.2, 0.25) is 0 Å². The van der Waals surface area contributed by atoms with Crippen molar-refractivity contribution >= 4 is 30.8 Å². The Labute approximate surface area is 138 Å². The molecule has 2 fully saturated rings. The molecule has 0 amide bonds. The Balaban J connectivity index is 1.94. The molecule has 116 valence electrons. The van der Waals surface area contributed by atoms with Crippen molar-refractivity contribution in [1.82, 2.24) is 0 Å². The van der Waals surface area contributed by atoms with Crippen molar-refractivity contribution in [3.8, 4) is 0 Å². The van der Waals surface area contributed by atoms with E-state index >= 15 is 0 Å². The van der Waals surface area contributed by atoms with Crippen LogP contribution in [0.4, 0.5) is 4.39 Å². The van der Waals surface area contributed by atoms with Crippen molar-refractivity contribution in [2.45, 2.75) is 62.4 Å². The van der Waals surface area contributed by atoms with E-state index in [-0.39, 0.29) is 16.3 Å². The molecular formula is C17H23Cl2FSi. The highest BCUT2D eigenvalue weighted by Crippen LogP contribution is 2.50. The molecule has 1 aliphatic heterocycles. The summed E-state index contributed by atoms with van der Waals surface area (Å²) in [6.45, 7) is 0. The van der Waals surface area contributed by atoms with Gasteiger partial charge in [-0.1, -0.05) is 49.8 Å². The van der Waals surface area contributed by atoms with E-state index in [2.05, 4.69) is 6.07 Å². The SMILES string of the molecule is Fc1cc(C2(C3CC[SiH](Cl)CC3)CCCCC2)ccc1Cl. The molecule has 1 saturated heterocycles. The van der Waals surface area contributed by atoms with Crippen LogP contribution in [0.1, 0.15) is 50.5 Å². The molecule has 1 heterocycles. The molecule has 0 atom stereocenters. The van der Waals surface area contributed by atoms with E-state index in [1.54, 1.807) is 12.1 Å². The lowest BCUT2D eigenvalue weighted by Crippen LogP contribution is -2.40. The fourth-order valence-corrected chi connectivity index (χ4v) is 7.22. The summed E-state index contributed by atoms with van der Waals surface area (Å²) in [5, 5.41) is 0.238. The first-order chi connectivity index (χ1) is 10.1. The van der Waals surface area contributed by atoms with E-state index in [1.165, 1.54) is 62.6 Å². The zero-order valence-electron chi connectivity index (χ0n) is 12.4. The molecular weight excluding hydrogens is 322 g/mol. The van der Waals surface area contributed by atoms with Crippen LogP contribution in [0.15, 0.2) is 18.2 Å². The van der Waals surface area contributed by atoms with Crippen LogP contribution in [0, 0.1) is 11.7 Å². The number of benzene rings is 1. The van der Waals surface area contributed by atoms with Crippen LogP contribution in [-0.2, 0) is 5.41 Å². The van der Waals surface area contributed by atoms with E-state index < -0.39 is 8.11 Å². The Hall–Kier alpha value is -0.0531. The Morgan fingerprint density at radius 2 is 1.76 bits per heavy atom. The van der Waals surface area contributed by atoms with Crippen molar-refractivity contribution < 1.29 is 4.39 Å². The highest BCUT2D eigenvalue weighted by Gasteiger charge is 2.42. The molecule has 0 nitrogen and oxygen atoms in total. The number of halogens is 3. The minimum atomic E-state index is -0.953. The summed E-state index contributed by atoms with van der Waals surface area (Å²) in [7, 11) is -0.953. The van der Waals surface area contributed by atoms with Crippen LogP contribution in [-0.4, -0.2) is 8.11 Å². The standard InChI is InChI=1S/C17H23Cl2FSi/c18-15-5-4-14(12-16(15)20)17(8-2-1-3-9-17)13-6-10-21(19)11-7-13/h4-5,12-13,21H,1-3,6-11H2. The molecule has 21 heavy (non-hydrogen) atoms. The minimum absolute atomic E-state index is 0.176. The van der Waals surface area contributed by atoms with Crippen LogP contribution < -0.4 is 0 Å². The topological polar surface area (TPSA) is 0 Å². The monoisotopic (exact) mass is 344 g/mol. The van der Waals surface area contributed by atoms with Crippen LogP contribution in [0.25, 0.3) is 0 Å². The molecule has 0 spiro atoms. The van der Waals surface area contributed by atoms with Crippen LogP contribution in [0.5, 0.6) is 0 Å². The van der Waals surface area contributed by atoms with Crippen molar-refractivity contribution in [2.24, 2.45) is 5.92 Å². The van der Waals surface area contributed by atoms with Gasteiger partial charge in [-0.2, -0.15) is 11.1 Å². The predicted octanol–water partition coefficient (Wildman–Crippen LogP) is 6.05. The smallest absolute Gasteiger partial charge is 0.142 e. The van der Waals surface area contributed by atoms with E-state index in [0.717, 1.165) is 0 Å². The second-order valence-electron chi connectivity index (χ2n) is 6.79. The normalized spacial score (nSPS) is 29.3. The van der Waals surface area contributed by atoms with Gasteiger partial charge in [0.15, 0.2) is 0 Å². The fourth-order valence-electron chi connectivity index (χ4n) is 4.53. The Morgan fingerprint density at radius 1 is 1.10 bits per heavy atom. The number of hydrogen-bond acceptors (Lipinski definition) is 0. The third-order valence-electron chi connectivity index (χ3n) is 5.68. The van der Waals surface area contributed by atoms with Gasteiger partial charge < -0.3 is 0 Å². The molecule has 1 aromatic rings. The van der Waals surface area contributed by atoms with E-state index in [4.69, 9.17) is 22.7 Å². The Bertz CT molecular complexity index is 492. The van der Waals surface area contributed by atoms with Gasteiger partial charge in [-0.25, -0.2) is 4.39 Å². The maximum Gasteiger partial charge on any atom is 0.142 e. The fraction of sp³-hybridized carbons (Fsp3) is 0.647. The lowest BCUT2D eigenvalue weighted by atomic mass is 9.60. The third-order valence-corrected chi connectivity index (χ3v) is 9.21. The molecule has 0 unspecified atom stereocenters. The Kier molecular flexibility index (Phi) is 4.97. The van der Waals surface area contributed by atoms with Gasteiger partial charge in [-0.3, -0.25) is 0 Å². The lowest BCUT2D eigenvalue weighted by molar-refractivity contribution is 0.175. The molecule has 3 rings (SSSR count). The first-order valence-electron chi connectivity index (χ1n) is 8.21. The van der Waals surface area contributed by atoms with Gasteiger partial charge in [0.05, 0.1) is 5.02 Å². The largest absolute Gasteiger partial charge is 0.205 e. The van der Waals surface area contributed by atoms with Gasteiger partial charge in [-0.15, -0.1) is 0 Å². The molecule has 0 aromatic heterocycles. The summed E-state index contributed by atoms with van der Waals surface area (Å²) in [6, 6.07) is 8.00. The van der Waals surface area contributed by atoms with Crippen molar-refractivity contribution in [3.63, 3.8) is 0 Å². The van der Waals surface area contributed by atoms with Crippen molar-refractivity contribution in [3.05, 3.63) is 34.6 Å². The van der Waals surface area contributed by atoms with E-state index in [1.807, 2.05) is 0 Å². The van der Waals surface area contributed by atoms with E-state index in [9.17, 15) is 4.39 Å². The molecule has 4 heteroatoms. The summed E-state index contributed by atoms with van der Waals surface area (Å²) >= 11 is 12.3. The molecule has 1 aliphatic carbocycles. The quantitative estimate of drug-likeness (QED) is 0.452. The van der Waals surface area contributed by atoms with E-state index in [0.29, 0.717) is 5.92 Å². The van der Waals surface area contributed by atoms with Gasteiger partial charge in [0, 0.05) is 0 Å². The van der Waals surface area contributed by atoms with Gasteiger partial charge in [-0.05, 0) is 54.0 Å². The highest BCUT2D eigenvalue weighted by atomic mass is 35.6. The number of rotatable bonds is 2. The zero-order chi connectivity index (χ0) is 14.9. The van der Waals surface area contributed by atoms with Crippen molar-refractivity contribution in [1.29, 1.82) is 0 Å². The molecule has 0 N–H and O–H groups in total. The maximum atomic E-state index is 14.0. The molecule has 1 saturated carbocycles. The summed E-state index contributed by atoms with van der Waals surface area (Å²) in [4.78, 5) is 0. The minimum Gasteiger partial charge on any atom is -0.205 e. The average molecular weight is 345 g/mol. The summed E-state index contributed by atoms with van der Waals surface area (Å²) in [5.74, 6) is 0.417. The first-order valence-corrected chi connectivity index (χ1v) is 12.0. The number of hydrogen-bond donors (Lipinski definition) is 0. The van der Waals surface area contributed by atoms with Gasteiger partial charge >= 0.3 is 0 Å². The average Bonchev–Trinajstić information content (AvgIpc) is 2.51. The second-order valence-corrected chi connectivity index (χ2v) is 11.4. The van der Waals surface area contributed by atoms with Crippen LogP contribution in [0.3, 0.4) is 0 Å². The van der Waals surface area contributed by atoms with Gasteiger partial charge in [0.25, 0.3) is 0 Å². The third kappa shape index (κ3) is 3.18. The lowest BCUT2D eigenvalue weighted by Gasteiger charge is -2.46. The molecule has 0 radical (unpaired) electrons. The van der Waals surface area contributed by atoms with Crippen LogP contribution >= 0.6 is 22.7 Å².